The number of anilines is 1. The molecule has 1 aromatic heterocycles. The van der Waals surface area contributed by atoms with E-state index in [-0.39, 0.29) is 0 Å². The van der Waals surface area contributed by atoms with Crippen molar-refractivity contribution in [2.75, 3.05) is 44.2 Å². The van der Waals surface area contributed by atoms with Crippen LogP contribution in [-0.2, 0) is 10.0 Å². The number of pyridine rings is 1. The molecular formula is C16H28N4O2S. The van der Waals surface area contributed by atoms with Gasteiger partial charge < -0.3 is 4.90 Å². The van der Waals surface area contributed by atoms with E-state index in [4.69, 9.17) is 0 Å². The first-order valence-electron chi connectivity index (χ1n) is 8.35. The third-order valence-electron chi connectivity index (χ3n) is 4.47. The molecule has 7 heteroatoms. The summed E-state index contributed by atoms with van der Waals surface area (Å²) in [5, 5.41) is 0. The third-order valence-corrected chi connectivity index (χ3v) is 6.54. The van der Waals surface area contributed by atoms with Gasteiger partial charge in [-0.3, -0.25) is 9.88 Å². The molecule has 1 aromatic rings. The van der Waals surface area contributed by atoms with E-state index in [1.54, 1.807) is 6.20 Å². The van der Waals surface area contributed by atoms with Crippen LogP contribution in [0.15, 0.2) is 23.4 Å². The molecule has 1 aliphatic rings. The molecule has 0 bridgehead atoms. The maximum Gasteiger partial charge on any atom is 0.246 e. The molecule has 130 valence electrons. The van der Waals surface area contributed by atoms with Crippen molar-refractivity contribution in [3.05, 3.63) is 18.5 Å². The van der Waals surface area contributed by atoms with E-state index in [2.05, 4.69) is 28.6 Å². The lowest BCUT2D eigenvalue weighted by Gasteiger charge is -2.38. The second kappa shape index (κ2) is 7.59. The van der Waals surface area contributed by atoms with Crippen LogP contribution in [0.3, 0.4) is 0 Å². The van der Waals surface area contributed by atoms with Crippen LogP contribution in [0.4, 0.5) is 5.69 Å². The van der Waals surface area contributed by atoms with Crippen molar-refractivity contribution in [1.82, 2.24) is 14.2 Å². The van der Waals surface area contributed by atoms with Gasteiger partial charge >= 0.3 is 0 Å². The largest absolute Gasteiger partial charge is 0.368 e. The molecule has 0 unspecified atom stereocenters. The van der Waals surface area contributed by atoms with Crippen molar-refractivity contribution in [1.29, 1.82) is 0 Å². The standard InChI is InChI=1S/C16H28N4O2S/c1-5-20(6-2)23(21,22)16-13-17-8-7-15(16)19-11-9-18(10-12-19)14(3)4/h7-8,13-14H,5-6,9-12H2,1-4H3. The highest BCUT2D eigenvalue weighted by molar-refractivity contribution is 7.89. The molecule has 0 aromatic carbocycles. The minimum absolute atomic E-state index is 0.321. The maximum absolute atomic E-state index is 12.9. The summed E-state index contributed by atoms with van der Waals surface area (Å²) >= 11 is 0. The number of rotatable bonds is 6. The molecule has 2 heterocycles. The molecule has 0 spiro atoms. The van der Waals surface area contributed by atoms with Gasteiger partial charge in [0.25, 0.3) is 0 Å². The van der Waals surface area contributed by atoms with Crippen LogP contribution >= 0.6 is 0 Å². The molecule has 0 amide bonds. The summed E-state index contributed by atoms with van der Waals surface area (Å²) in [6.07, 6.45) is 3.16. The number of hydrogen-bond acceptors (Lipinski definition) is 5. The fourth-order valence-corrected chi connectivity index (χ4v) is 4.63. The first-order valence-corrected chi connectivity index (χ1v) is 9.79. The van der Waals surface area contributed by atoms with Gasteiger partial charge in [-0.15, -0.1) is 0 Å². The molecule has 23 heavy (non-hydrogen) atoms. The first kappa shape index (κ1) is 18.2. The molecule has 0 aliphatic carbocycles. The van der Waals surface area contributed by atoms with Gasteiger partial charge in [0.05, 0.1) is 5.69 Å². The molecule has 0 atom stereocenters. The lowest BCUT2D eigenvalue weighted by atomic mass is 10.2. The van der Waals surface area contributed by atoms with Crippen LogP contribution in [0.2, 0.25) is 0 Å². The van der Waals surface area contributed by atoms with E-state index in [9.17, 15) is 8.42 Å². The van der Waals surface area contributed by atoms with Crippen molar-refractivity contribution in [2.45, 2.75) is 38.6 Å². The topological polar surface area (TPSA) is 56.8 Å². The number of aromatic nitrogens is 1. The van der Waals surface area contributed by atoms with Crippen molar-refractivity contribution in [3.63, 3.8) is 0 Å². The Bertz CT molecular complexity index is 606. The molecular weight excluding hydrogens is 312 g/mol. The van der Waals surface area contributed by atoms with Crippen molar-refractivity contribution < 1.29 is 8.42 Å². The zero-order valence-corrected chi connectivity index (χ0v) is 15.4. The van der Waals surface area contributed by atoms with Gasteiger partial charge in [0, 0.05) is 57.7 Å². The van der Waals surface area contributed by atoms with Gasteiger partial charge in [0.2, 0.25) is 10.0 Å². The number of nitrogens with zero attached hydrogens (tertiary/aromatic N) is 4. The lowest BCUT2D eigenvalue weighted by molar-refractivity contribution is 0.209. The second-order valence-electron chi connectivity index (χ2n) is 6.05. The van der Waals surface area contributed by atoms with Crippen LogP contribution in [0.1, 0.15) is 27.7 Å². The second-order valence-corrected chi connectivity index (χ2v) is 7.96. The zero-order chi connectivity index (χ0) is 17.0. The highest BCUT2D eigenvalue weighted by atomic mass is 32.2. The van der Waals surface area contributed by atoms with Crippen LogP contribution in [0.5, 0.6) is 0 Å². The average Bonchev–Trinajstić information content (AvgIpc) is 2.56. The van der Waals surface area contributed by atoms with E-state index < -0.39 is 10.0 Å². The Morgan fingerprint density at radius 3 is 2.30 bits per heavy atom. The summed E-state index contributed by atoms with van der Waals surface area (Å²) in [6, 6.07) is 2.34. The van der Waals surface area contributed by atoms with Gasteiger partial charge in [0.1, 0.15) is 4.90 Å². The van der Waals surface area contributed by atoms with Crippen molar-refractivity contribution >= 4 is 15.7 Å². The van der Waals surface area contributed by atoms with E-state index >= 15 is 0 Å². The molecule has 2 rings (SSSR count). The van der Waals surface area contributed by atoms with Gasteiger partial charge in [-0.1, -0.05) is 13.8 Å². The normalized spacial score (nSPS) is 17.2. The van der Waals surface area contributed by atoms with Gasteiger partial charge in [-0.2, -0.15) is 4.31 Å². The van der Waals surface area contributed by atoms with Gasteiger partial charge in [-0.25, -0.2) is 8.42 Å². The minimum atomic E-state index is -3.50. The third kappa shape index (κ3) is 3.84. The SMILES string of the molecule is CCN(CC)S(=O)(=O)c1cnccc1N1CCN(C(C)C)CC1. The number of piperazine rings is 1. The van der Waals surface area contributed by atoms with Gasteiger partial charge in [-0.05, 0) is 19.9 Å². The zero-order valence-electron chi connectivity index (χ0n) is 14.6. The summed E-state index contributed by atoms with van der Waals surface area (Å²) in [5.74, 6) is 0. The van der Waals surface area contributed by atoms with Crippen LogP contribution < -0.4 is 4.90 Å². The van der Waals surface area contributed by atoms with E-state index in [0.29, 0.717) is 24.0 Å². The fourth-order valence-electron chi connectivity index (χ4n) is 3.01. The highest BCUT2D eigenvalue weighted by Crippen LogP contribution is 2.28. The molecule has 0 radical (unpaired) electrons. The quantitative estimate of drug-likeness (QED) is 0.788. The maximum atomic E-state index is 12.9. The summed E-state index contributed by atoms with van der Waals surface area (Å²) in [6.45, 7) is 12.6. The molecule has 6 nitrogen and oxygen atoms in total. The summed E-state index contributed by atoms with van der Waals surface area (Å²) in [5.41, 5.74) is 0.773. The molecule has 0 saturated carbocycles. The smallest absolute Gasteiger partial charge is 0.246 e. The minimum Gasteiger partial charge on any atom is -0.368 e. The van der Waals surface area contributed by atoms with E-state index in [1.807, 2.05) is 19.9 Å². The Kier molecular flexibility index (Phi) is 6.00. The number of sulfonamides is 1. The fraction of sp³-hybridized carbons (Fsp3) is 0.688. The van der Waals surface area contributed by atoms with Crippen molar-refractivity contribution in [3.8, 4) is 0 Å². The first-order chi connectivity index (χ1) is 10.9. The highest BCUT2D eigenvalue weighted by Gasteiger charge is 2.28. The summed E-state index contributed by atoms with van der Waals surface area (Å²) < 4.78 is 27.2. The van der Waals surface area contributed by atoms with Crippen LogP contribution in [0, 0.1) is 0 Å². The number of hydrogen-bond donors (Lipinski definition) is 0. The predicted molar refractivity (Wildman–Crippen MR) is 93.3 cm³/mol. The predicted octanol–water partition coefficient (Wildman–Crippen LogP) is 1.64. The molecule has 1 fully saturated rings. The molecule has 1 saturated heterocycles. The Morgan fingerprint density at radius 1 is 1.17 bits per heavy atom. The van der Waals surface area contributed by atoms with E-state index in [1.165, 1.54) is 10.5 Å². The molecule has 1 aliphatic heterocycles. The summed E-state index contributed by atoms with van der Waals surface area (Å²) in [7, 11) is -3.50. The van der Waals surface area contributed by atoms with Crippen LogP contribution in [0.25, 0.3) is 0 Å². The Hall–Kier alpha value is -1.18. The monoisotopic (exact) mass is 340 g/mol. The van der Waals surface area contributed by atoms with Crippen molar-refractivity contribution in [2.24, 2.45) is 0 Å². The van der Waals surface area contributed by atoms with E-state index in [0.717, 1.165) is 31.9 Å². The Morgan fingerprint density at radius 2 is 1.78 bits per heavy atom. The van der Waals surface area contributed by atoms with Crippen LogP contribution in [-0.4, -0.2) is 67.9 Å². The summed E-state index contributed by atoms with van der Waals surface area (Å²) in [4.78, 5) is 8.96. The molecule has 0 N–H and O–H groups in total. The van der Waals surface area contributed by atoms with Gasteiger partial charge in [0.15, 0.2) is 0 Å². The average molecular weight is 340 g/mol. The Balaban J connectivity index is 2.29. The Labute approximate surface area is 140 Å². The lowest BCUT2D eigenvalue weighted by Crippen LogP contribution is -2.49.